The van der Waals surface area contributed by atoms with Gasteiger partial charge in [0.2, 0.25) is 5.79 Å². The van der Waals surface area contributed by atoms with Gasteiger partial charge < -0.3 is 34.8 Å². The van der Waals surface area contributed by atoms with Gasteiger partial charge in [-0.3, -0.25) is 14.4 Å². The lowest BCUT2D eigenvalue weighted by molar-refractivity contribution is -0.264. The highest BCUT2D eigenvalue weighted by molar-refractivity contribution is 6.39. The Kier molecular flexibility index (Phi) is 31.0. The van der Waals surface area contributed by atoms with Crippen LogP contribution < -0.4 is 0 Å². The average Bonchev–Trinajstić information content (AvgIpc) is 3.21. The molecule has 60 heavy (non-hydrogen) atoms. The minimum atomic E-state index is -2.25. The summed E-state index contributed by atoms with van der Waals surface area (Å²) in [6, 6.07) is -0.841. The Hall–Kier alpha value is -3.22. The van der Waals surface area contributed by atoms with E-state index in [1.165, 1.54) is 11.3 Å². The standard InChI is InChI=1S/C44H69NO8.C3H8.2CH4O/c1-28(2)27-52-43(50)39-19-15-16-22-45(39)42(49)41(48)44(51)36(10)20-21-38(53-44)25-32(6)30(4)18-14-12-13-17-29(3)23-31(5)33(7)26-40(47)35(9)24-34(8)37(11)46;1-3-2;2*1-2/h12-14,17-18,24,28-29,31-32,34,36,38-40,47,51H,7,15-16,19-23,25-27H2,1-6,8-11H3;3H2,1-2H3;2*2H,1H3/b14-12+,17-13+,30-18+,35-24+;;;/t29-,31?,32+,34?,36?,38?,39?,40?,44?;;;/m1.../s1. The summed E-state index contributed by atoms with van der Waals surface area (Å²) >= 11 is 0. The normalized spacial score (nSPS) is 23.4. The molecule has 2 fully saturated rings. The number of amides is 1. The number of carbonyl (C=O) groups excluding carboxylic acids is 4. The molecule has 346 valence electrons. The van der Waals surface area contributed by atoms with Gasteiger partial charge in [0.15, 0.2) is 0 Å². The predicted octanol–water partition coefficient (Wildman–Crippen LogP) is 8.50. The van der Waals surface area contributed by atoms with Crippen molar-refractivity contribution in [1.29, 1.82) is 0 Å². The number of ether oxygens (including phenoxy) is 2. The minimum Gasteiger partial charge on any atom is -0.464 e. The molecule has 11 nitrogen and oxygen atoms in total. The quantitative estimate of drug-likeness (QED) is 0.0428. The van der Waals surface area contributed by atoms with Crippen molar-refractivity contribution in [1.82, 2.24) is 4.90 Å². The summed E-state index contributed by atoms with van der Waals surface area (Å²) in [4.78, 5) is 52.8. The highest BCUT2D eigenvalue weighted by Gasteiger charge is 2.52. The second-order valence-corrected chi connectivity index (χ2v) is 17.1. The van der Waals surface area contributed by atoms with Crippen LogP contribution in [0.25, 0.3) is 0 Å². The van der Waals surface area contributed by atoms with Crippen LogP contribution >= 0.6 is 0 Å². The van der Waals surface area contributed by atoms with Gasteiger partial charge in [-0.2, -0.15) is 0 Å². The first kappa shape index (κ1) is 58.9. The van der Waals surface area contributed by atoms with Crippen LogP contribution in [0.4, 0.5) is 0 Å². The summed E-state index contributed by atoms with van der Waals surface area (Å²) in [5.41, 5.74) is 2.91. The number of carbonyl (C=O) groups is 4. The van der Waals surface area contributed by atoms with Gasteiger partial charge >= 0.3 is 5.97 Å². The van der Waals surface area contributed by atoms with Crippen molar-refractivity contribution < 1.29 is 49.1 Å². The van der Waals surface area contributed by atoms with E-state index in [1.807, 2.05) is 58.9 Å². The van der Waals surface area contributed by atoms with E-state index in [0.717, 1.165) is 43.8 Å². The van der Waals surface area contributed by atoms with E-state index in [2.05, 4.69) is 53.3 Å². The van der Waals surface area contributed by atoms with Gasteiger partial charge in [0.05, 0.1) is 18.8 Å². The number of allylic oxidation sites excluding steroid dienone is 7. The van der Waals surface area contributed by atoms with Gasteiger partial charge in [-0.15, -0.1) is 0 Å². The minimum absolute atomic E-state index is 0.0765. The Bertz CT molecular complexity index is 1410. The Labute approximate surface area is 364 Å². The molecule has 1 amide bonds. The predicted molar refractivity (Wildman–Crippen MR) is 243 cm³/mol. The van der Waals surface area contributed by atoms with Gasteiger partial charge in [-0.05, 0) is 101 Å². The molecule has 2 aliphatic heterocycles. The SMILES string of the molecule is C=C(CC(O)/C(C)=C/C(C)C(C)=O)C(C)C[C@H](C)/C=C/C=C/C=C(\C)[C@@H](C)CC1CCC(C)C(O)(C(=O)C(=O)N2CCCCC2C(=O)OCC(C)C)O1.CCC.CO.CO. The second-order valence-electron chi connectivity index (χ2n) is 17.1. The van der Waals surface area contributed by atoms with Gasteiger partial charge in [0, 0.05) is 32.6 Å². The second kappa shape index (κ2) is 31.6. The topological polar surface area (TPSA) is 171 Å². The molecule has 7 unspecified atom stereocenters. The zero-order valence-corrected chi connectivity index (χ0v) is 39.8. The molecule has 11 heteroatoms. The van der Waals surface area contributed by atoms with Crippen LogP contribution in [0.15, 0.2) is 59.8 Å². The van der Waals surface area contributed by atoms with Crippen LogP contribution in [0.3, 0.4) is 0 Å². The highest BCUT2D eigenvalue weighted by Crippen LogP contribution is 2.37. The summed E-state index contributed by atoms with van der Waals surface area (Å²) < 4.78 is 11.5. The number of esters is 1. The first-order valence-electron chi connectivity index (χ1n) is 22.1. The summed E-state index contributed by atoms with van der Waals surface area (Å²) in [7, 11) is 2.00. The maximum atomic E-state index is 13.6. The number of nitrogens with zero attached hydrogens (tertiary/aromatic N) is 1. The van der Waals surface area contributed by atoms with Crippen LogP contribution in [0, 0.1) is 35.5 Å². The molecule has 0 radical (unpaired) electrons. The smallest absolute Gasteiger partial charge is 0.328 e. The molecular weight excluding hydrogens is 763 g/mol. The van der Waals surface area contributed by atoms with E-state index >= 15 is 0 Å². The third-order valence-corrected chi connectivity index (χ3v) is 11.0. The molecule has 0 bridgehead atoms. The highest BCUT2D eigenvalue weighted by atomic mass is 16.6. The molecule has 0 aromatic heterocycles. The zero-order valence-electron chi connectivity index (χ0n) is 39.8. The molecule has 2 rings (SSSR count). The Morgan fingerprint density at radius 1 is 0.883 bits per heavy atom. The molecule has 0 saturated carbocycles. The lowest BCUT2D eigenvalue weighted by atomic mass is 9.84. The first-order valence-corrected chi connectivity index (χ1v) is 22.1. The largest absolute Gasteiger partial charge is 0.464 e. The van der Waals surface area contributed by atoms with E-state index in [-0.39, 0.29) is 42.6 Å². The fourth-order valence-electron chi connectivity index (χ4n) is 6.86. The molecule has 0 spiro atoms. The lowest BCUT2D eigenvalue weighted by Crippen LogP contribution is -2.60. The number of hydrogen-bond acceptors (Lipinski definition) is 10. The van der Waals surface area contributed by atoms with Crippen LogP contribution in [-0.4, -0.2) is 100 Å². The maximum Gasteiger partial charge on any atom is 0.328 e. The number of aliphatic hydroxyl groups is 4. The van der Waals surface area contributed by atoms with Crippen molar-refractivity contribution in [2.24, 2.45) is 35.5 Å². The van der Waals surface area contributed by atoms with Gasteiger partial charge in [0.25, 0.3) is 11.7 Å². The number of aliphatic hydroxyl groups excluding tert-OH is 3. The Balaban J connectivity index is 0. The third kappa shape index (κ3) is 21.0. The summed E-state index contributed by atoms with van der Waals surface area (Å²) in [6.07, 6.45) is 17.2. The van der Waals surface area contributed by atoms with E-state index < -0.39 is 47.6 Å². The van der Waals surface area contributed by atoms with Crippen LogP contribution in [0.2, 0.25) is 0 Å². The molecule has 0 aromatic rings. The van der Waals surface area contributed by atoms with Crippen molar-refractivity contribution in [2.45, 2.75) is 165 Å². The van der Waals surface area contributed by atoms with Crippen molar-refractivity contribution in [3.8, 4) is 0 Å². The van der Waals surface area contributed by atoms with Crippen molar-refractivity contribution in [3.05, 3.63) is 59.8 Å². The monoisotopic (exact) mass is 848 g/mol. The fraction of sp³-hybridized carbons (Fsp3) is 0.714. The summed E-state index contributed by atoms with van der Waals surface area (Å²) in [5.74, 6) is -4.59. The zero-order chi connectivity index (χ0) is 46.7. The Morgan fingerprint density at radius 2 is 1.48 bits per heavy atom. The number of likely N-dealkylation sites (tertiary alicyclic amines) is 1. The molecule has 2 aliphatic rings. The number of Topliss-reactive ketones (excluding diaryl/α,β-unsaturated/α-hetero) is 2. The maximum absolute atomic E-state index is 13.6. The molecule has 0 aromatic carbocycles. The lowest BCUT2D eigenvalue weighted by Gasteiger charge is -2.42. The first-order chi connectivity index (χ1) is 28.2. The average molecular weight is 848 g/mol. The van der Waals surface area contributed by atoms with Crippen molar-refractivity contribution >= 4 is 23.4 Å². The number of piperidine rings is 1. The van der Waals surface area contributed by atoms with Crippen LogP contribution in [0.1, 0.15) is 141 Å². The molecule has 4 N–H and O–H groups in total. The molecule has 0 aliphatic carbocycles. The number of ketones is 2. The van der Waals surface area contributed by atoms with E-state index in [9.17, 15) is 29.4 Å². The molecule has 9 atom stereocenters. The number of rotatable bonds is 19. The van der Waals surface area contributed by atoms with Gasteiger partial charge in [-0.1, -0.05) is 123 Å². The molecular formula is C49H85NO10. The van der Waals surface area contributed by atoms with Crippen LogP contribution in [0.5, 0.6) is 0 Å². The van der Waals surface area contributed by atoms with Crippen molar-refractivity contribution in [2.75, 3.05) is 27.4 Å². The summed E-state index contributed by atoms with van der Waals surface area (Å²) in [6.45, 7) is 28.2. The van der Waals surface area contributed by atoms with Gasteiger partial charge in [-0.25, -0.2) is 4.79 Å². The van der Waals surface area contributed by atoms with Gasteiger partial charge in [0.1, 0.15) is 11.8 Å². The van der Waals surface area contributed by atoms with Crippen LogP contribution in [-0.2, 0) is 28.7 Å². The van der Waals surface area contributed by atoms with E-state index in [4.69, 9.17) is 19.7 Å². The molecule has 2 saturated heterocycles. The molecule has 2 heterocycles. The Morgan fingerprint density at radius 3 is 2.05 bits per heavy atom. The van der Waals surface area contributed by atoms with E-state index in [0.29, 0.717) is 44.4 Å². The summed E-state index contributed by atoms with van der Waals surface area (Å²) in [5, 5.41) is 36.2. The number of hydrogen-bond donors (Lipinski definition) is 4. The third-order valence-electron chi connectivity index (χ3n) is 11.0. The van der Waals surface area contributed by atoms with E-state index in [1.54, 1.807) is 13.8 Å². The van der Waals surface area contributed by atoms with Crippen molar-refractivity contribution in [3.63, 3.8) is 0 Å². The fourth-order valence-corrected chi connectivity index (χ4v) is 6.86.